The molecule has 2 N–H and O–H groups in total. The van der Waals surface area contributed by atoms with Crippen LogP contribution in [0.5, 0.6) is 17.2 Å². The zero-order valence-corrected chi connectivity index (χ0v) is 14.7. The second-order valence-corrected chi connectivity index (χ2v) is 5.52. The first kappa shape index (κ1) is 17.4. The van der Waals surface area contributed by atoms with Gasteiger partial charge in [-0.1, -0.05) is 0 Å². The van der Waals surface area contributed by atoms with E-state index in [0.717, 1.165) is 5.56 Å². The van der Waals surface area contributed by atoms with Crippen LogP contribution in [0.3, 0.4) is 0 Å². The van der Waals surface area contributed by atoms with Gasteiger partial charge in [0.1, 0.15) is 5.76 Å². The molecule has 0 aliphatic carbocycles. The number of ether oxygens (including phenoxy) is 3. The van der Waals surface area contributed by atoms with Gasteiger partial charge in [0.05, 0.1) is 27.6 Å². The van der Waals surface area contributed by atoms with E-state index in [9.17, 15) is 4.79 Å². The van der Waals surface area contributed by atoms with Crippen molar-refractivity contribution in [3.8, 4) is 28.6 Å². The maximum Gasteiger partial charge on any atom is 0.203 e. The Labute approximate surface area is 151 Å². The molecule has 0 bridgehead atoms. The van der Waals surface area contributed by atoms with Crippen LogP contribution in [0.25, 0.3) is 11.3 Å². The average molecular weight is 353 g/mol. The highest BCUT2D eigenvalue weighted by atomic mass is 16.5. The third kappa shape index (κ3) is 3.09. The van der Waals surface area contributed by atoms with Gasteiger partial charge < -0.3 is 24.4 Å². The second-order valence-electron chi connectivity index (χ2n) is 5.52. The van der Waals surface area contributed by atoms with Crippen LogP contribution in [0.15, 0.2) is 53.1 Å². The average Bonchev–Trinajstić information content (AvgIpc) is 3.21. The van der Waals surface area contributed by atoms with Crippen LogP contribution in [0.4, 0.5) is 5.69 Å². The second kappa shape index (κ2) is 7.23. The van der Waals surface area contributed by atoms with E-state index in [1.54, 1.807) is 42.7 Å². The summed E-state index contributed by atoms with van der Waals surface area (Å²) in [6.45, 7) is 0. The lowest BCUT2D eigenvalue weighted by Gasteiger charge is -2.14. The van der Waals surface area contributed by atoms with Gasteiger partial charge in [0.2, 0.25) is 5.75 Å². The summed E-state index contributed by atoms with van der Waals surface area (Å²) in [6, 6.07) is 12.0. The Morgan fingerprint density at radius 1 is 0.962 bits per heavy atom. The summed E-state index contributed by atoms with van der Waals surface area (Å²) in [5, 5.41) is 0. The van der Waals surface area contributed by atoms with E-state index < -0.39 is 0 Å². The highest BCUT2D eigenvalue weighted by molar-refractivity contribution is 6.13. The molecule has 6 nitrogen and oxygen atoms in total. The third-order valence-corrected chi connectivity index (χ3v) is 4.03. The summed E-state index contributed by atoms with van der Waals surface area (Å²) in [6.07, 6.45) is 1.58. The quantitative estimate of drug-likeness (QED) is 0.536. The molecule has 2 aromatic carbocycles. The van der Waals surface area contributed by atoms with Gasteiger partial charge in [0, 0.05) is 22.4 Å². The molecule has 0 radical (unpaired) electrons. The number of carbonyl (C=O) groups excluding carboxylic acids is 1. The number of hydrogen-bond donors (Lipinski definition) is 1. The van der Waals surface area contributed by atoms with E-state index in [0.29, 0.717) is 39.8 Å². The lowest BCUT2D eigenvalue weighted by molar-refractivity contribution is 0.103. The molecule has 3 rings (SSSR count). The van der Waals surface area contributed by atoms with Crippen LogP contribution in [0.1, 0.15) is 15.9 Å². The number of rotatable bonds is 6. The van der Waals surface area contributed by atoms with Gasteiger partial charge in [-0.15, -0.1) is 0 Å². The van der Waals surface area contributed by atoms with E-state index >= 15 is 0 Å². The Balaban J connectivity index is 2.08. The fourth-order valence-corrected chi connectivity index (χ4v) is 2.72. The highest BCUT2D eigenvalue weighted by Crippen LogP contribution is 2.39. The lowest BCUT2D eigenvalue weighted by atomic mass is 9.98. The molecule has 0 saturated heterocycles. The number of ketones is 1. The van der Waals surface area contributed by atoms with Crippen LogP contribution >= 0.6 is 0 Å². The number of nitrogens with two attached hydrogens (primary N) is 1. The van der Waals surface area contributed by atoms with Crippen molar-refractivity contribution in [3.63, 3.8) is 0 Å². The number of hydrogen-bond acceptors (Lipinski definition) is 6. The minimum Gasteiger partial charge on any atom is -0.493 e. The molecular formula is C20H19NO5. The third-order valence-electron chi connectivity index (χ3n) is 4.03. The van der Waals surface area contributed by atoms with Crippen LogP contribution in [0, 0.1) is 0 Å². The number of nitrogen functional groups attached to an aromatic ring is 1. The van der Waals surface area contributed by atoms with Crippen LogP contribution in [-0.4, -0.2) is 27.1 Å². The monoisotopic (exact) mass is 353 g/mol. The Kier molecular flexibility index (Phi) is 4.84. The first-order valence-electron chi connectivity index (χ1n) is 7.87. The van der Waals surface area contributed by atoms with Crippen molar-refractivity contribution in [2.75, 3.05) is 27.1 Å². The summed E-state index contributed by atoms with van der Waals surface area (Å²) in [5.74, 6) is 1.62. The Morgan fingerprint density at radius 2 is 1.65 bits per heavy atom. The first-order chi connectivity index (χ1) is 12.6. The van der Waals surface area contributed by atoms with E-state index in [1.807, 2.05) is 6.07 Å². The highest BCUT2D eigenvalue weighted by Gasteiger charge is 2.20. The molecule has 0 aliphatic rings. The standard InChI is InChI=1S/C20H19NO5/c1-23-17-10-13(11-18(24-2)20(17)25-3)19(22)14-9-12(6-7-15(14)21)16-5-4-8-26-16/h4-11H,21H2,1-3H3. The molecule has 0 amide bonds. The fourth-order valence-electron chi connectivity index (χ4n) is 2.72. The topological polar surface area (TPSA) is 83.9 Å². The van der Waals surface area contributed by atoms with Gasteiger partial charge in [-0.3, -0.25) is 4.79 Å². The van der Waals surface area contributed by atoms with Crippen LogP contribution in [0.2, 0.25) is 0 Å². The summed E-state index contributed by atoms with van der Waals surface area (Å²) in [7, 11) is 4.50. The van der Waals surface area contributed by atoms with Crippen molar-refractivity contribution in [1.29, 1.82) is 0 Å². The number of anilines is 1. The molecule has 26 heavy (non-hydrogen) atoms. The van der Waals surface area contributed by atoms with E-state index in [4.69, 9.17) is 24.4 Å². The molecule has 6 heteroatoms. The number of furan rings is 1. The predicted octanol–water partition coefficient (Wildman–Crippen LogP) is 3.79. The summed E-state index contributed by atoms with van der Waals surface area (Å²) < 4.78 is 21.3. The van der Waals surface area contributed by atoms with E-state index in [2.05, 4.69) is 0 Å². The van der Waals surface area contributed by atoms with Crippen molar-refractivity contribution in [1.82, 2.24) is 0 Å². The predicted molar refractivity (Wildman–Crippen MR) is 98.1 cm³/mol. The number of benzene rings is 2. The van der Waals surface area contributed by atoms with Crippen LogP contribution in [-0.2, 0) is 0 Å². The normalized spacial score (nSPS) is 10.4. The first-order valence-corrected chi connectivity index (χ1v) is 7.87. The SMILES string of the molecule is COc1cc(C(=O)c2cc(-c3ccco3)ccc2N)cc(OC)c1OC. The molecule has 0 saturated carbocycles. The van der Waals surface area contributed by atoms with Gasteiger partial charge in [0.25, 0.3) is 0 Å². The number of carbonyl (C=O) groups is 1. The van der Waals surface area contributed by atoms with Crippen molar-refractivity contribution in [2.45, 2.75) is 0 Å². The zero-order valence-electron chi connectivity index (χ0n) is 14.7. The van der Waals surface area contributed by atoms with Crippen molar-refractivity contribution < 1.29 is 23.4 Å². The Bertz CT molecular complexity index is 906. The molecule has 0 unspecified atom stereocenters. The molecule has 0 fully saturated rings. The molecule has 3 aromatic rings. The lowest BCUT2D eigenvalue weighted by Crippen LogP contribution is -2.07. The van der Waals surface area contributed by atoms with Gasteiger partial charge >= 0.3 is 0 Å². The van der Waals surface area contributed by atoms with Crippen molar-refractivity contribution in [3.05, 3.63) is 59.9 Å². The smallest absolute Gasteiger partial charge is 0.203 e. The molecule has 1 aromatic heterocycles. The van der Waals surface area contributed by atoms with Crippen molar-refractivity contribution >= 4 is 11.5 Å². The van der Waals surface area contributed by atoms with E-state index in [-0.39, 0.29) is 5.78 Å². The van der Waals surface area contributed by atoms with Gasteiger partial charge in [-0.25, -0.2) is 0 Å². The molecule has 134 valence electrons. The minimum atomic E-state index is -0.254. The van der Waals surface area contributed by atoms with Gasteiger partial charge in [-0.2, -0.15) is 0 Å². The molecule has 0 aliphatic heterocycles. The summed E-state index contributed by atoms with van der Waals surface area (Å²) in [5.41, 5.74) is 7.92. The summed E-state index contributed by atoms with van der Waals surface area (Å²) in [4.78, 5) is 13.1. The fraction of sp³-hybridized carbons (Fsp3) is 0.150. The Morgan fingerprint density at radius 3 is 2.19 bits per heavy atom. The minimum absolute atomic E-state index is 0.254. The number of methoxy groups -OCH3 is 3. The zero-order chi connectivity index (χ0) is 18.7. The van der Waals surface area contributed by atoms with Crippen molar-refractivity contribution in [2.24, 2.45) is 0 Å². The molecule has 0 spiro atoms. The van der Waals surface area contributed by atoms with E-state index in [1.165, 1.54) is 21.3 Å². The molecular weight excluding hydrogens is 334 g/mol. The maximum absolute atomic E-state index is 13.1. The largest absolute Gasteiger partial charge is 0.493 e. The maximum atomic E-state index is 13.1. The molecule has 1 heterocycles. The Hall–Kier alpha value is -3.41. The summed E-state index contributed by atoms with van der Waals surface area (Å²) >= 11 is 0. The van der Waals surface area contributed by atoms with Gasteiger partial charge in [-0.05, 0) is 42.5 Å². The van der Waals surface area contributed by atoms with Gasteiger partial charge in [0.15, 0.2) is 17.3 Å². The van der Waals surface area contributed by atoms with Crippen LogP contribution < -0.4 is 19.9 Å². The molecule has 0 atom stereocenters.